The molecule has 5 rings (SSSR count). The van der Waals surface area contributed by atoms with Crippen molar-refractivity contribution in [2.24, 2.45) is 24.3 Å². The van der Waals surface area contributed by atoms with Gasteiger partial charge in [0, 0.05) is 35.9 Å². The van der Waals surface area contributed by atoms with E-state index in [-0.39, 0.29) is 17.8 Å². The smallest absolute Gasteiger partial charge is 0.347 e. The number of ether oxygens (including phenoxy) is 2. The predicted octanol–water partition coefficient (Wildman–Crippen LogP) is 1.20. The molecule has 0 N–H and O–H groups in total. The Kier molecular flexibility index (Phi) is 5.11. The molecule has 0 bridgehead atoms. The molecular weight excluding hydrogens is 442 g/mol. The molecule has 4 aliphatic rings. The third kappa shape index (κ3) is 2.71. The number of allylic oxidation sites excluding steroid dienone is 2. The topological polar surface area (TPSA) is 119 Å². The maximum absolute atomic E-state index is 14.2. The van der Waals surface area contributed by atoms with Crippen molar-refractivity contribution in [2.75, 3.05) is 14.2 Å². The van der Waals surface area contributed by atoms with E-state index in [1.54, 1.807) is 13.0 Å². The summed E-state index contributed by atoms with van der Waals surface area (Å²) in [6, 6.07) is -1.41. The summed E-state index contributed by atoms with van der Waals surface area (Å²) in [4.78, 5) is 66.3. The van der Waals surface area contributed by atoms with Gasteiger partial charge < -0.3 is 9.47 Å². The van der Waals surface area contributed by atoms with Crippen molar-refractivity contribution in [3.05, 3.63) is 43.8 Å². The highest BCUT2D eigenvalue weighted by molar-refractivity contribution is 6.06. The fraction of sp³-hybridized carbons (Fsp3) is 0.625. The number of nitrogens with zero attached hydrogens (tertiary/aromatic N) is 3. The van der Waals surface area contributed by atoms with Gasteiger partial charge in [-0.2, -0.15) is 0 Å². The van der Waals surface area contributed by atoms with Gasteiger partial charge in [0.15, 0.2) is 5.78 Å². The summed E-state index contributed by atoms with van der Waals surface area (Å²) in [5.74, 6) is -2.61. The molecule has 1 aromatic heterocycles. The first-order chi connectivity index (χ1) is 16.2. The Bertz CT molecular complexity index is 1280. The van der Waals surface area contributed by atoms with E-state index in [9.17, 15) is 24.0 Å². The summed E-state index contributed by atoms with van der Waals surface area (Å²) in [6.45, 7) is 1.75. The lowest BCUT2D eigenvalue weighted by molar-refractivity contribution is -0.147. The second-order valence-electron chi connectivity index (χ2n) is 9.83. The van der Waals surface area contributed by atoms with Gasteiger partial charge in [0.25, 0.3) is 0 Å². The van der Waals surface area contributed by atoms with E-state index in [4.69, 9.17) is 9.47 Å². The van der Waals surface area contributed by atoms with Gasteiger partial charge in [-0.05, 0) is 25.3 Å². The van der Waals surface area contributed by atoms with E-state index in [1.165, 1.54) is 30.6 Å². The maximum Gasteiger partial charge on any atom is 0.347 e. The Morgan fingerprint density at radius 1 is 1.00 bits per heavy atom. The highest BCUT2D eigenvalue weighted by Gasteiger charge is 2.62. The van der Waals surface area contributed by atoms with Crippen LogP contribution in [0.2, 0.25) is 0 Å². The number of hydrogen-bond donors (Lipinski definition) is 0. The van der Waals surface area contributed by atoms with E-state index in [0.29, 0.717) is 24.0 Å². The van der Waals surface area contributed by atoms with Crippen LogP contribution in [0.4, 0.5) is 0 Å². The molecule has 0 amide bonds. The highest BCUT2D eigenvalue weighted by Crippen LogP contribution is 2.62. The first kappa shape index (κ1) is 22.6. The maximum atomic E-state index is 14.2. The minimum atomic E-state index is -0.872. The molecule has 0 radical (unpaired) electrons. The van der Waals surface area contributed by atoms with Gasteiger partial charge in [-0.15, -0.1) is 0 Å². The molecule has 1 saturated carbocycles. The van der Waals surface area contributed by atoms with E-state index in [2.05, 4.69) is 0 Å². The summed E-state index contributed by atoms with van der Waals surface area (Å²) in [7, 11) is 3.94. The van der Waals surface area contributed by atoms with E-state index < -0.39 is 52.7 Å². The minimum absolute atomic E-state index is 0.0366. The van der Waals surface area contributed by atoms with Crippen LogP contribution in [0, 0.1) is 17.3 Å². The quantitative estimate of drug-likeness (QED) is 0.595. The van der Waals surface area contributed by atoms with Crippen LogP contribution in [-0.2, 0) is 30.9 Å². The van der Waals surface area contributed by atoms with Gasteiger partial charge in [-0.25, -0.2) is 28.3 Å². The molecule has 34 heavy (non-hydrogen) atoms. The molecule has 10 nitrogen and oxygen atoms in total. The zero-order valence-corrected chi connectivity index (χ0v) is 19.8. The van der Waals surface area contributed by atoms with E-state index in [0.717, 1.165) is 23.8 Å². The third-order valence-corrected chi connectivity index (χ3v) is 8.39. The van der Waals surface area contributed by atoms with Gasteiger partial charge in [-0.1, -0.05) is 25.3 Å². The van der Waals surface area contributed by atoms with Gasteiger partial charge in [0.05, 0.1) is 32.2 Å². The van der Waals surface area contributed by atoms with Crippen LogP contribution in [0.3, 0.4) is 0 Å². The molecule has 10 heteroatoms. The Hall–Kier alpha value is -3.17. The molecular formula is C24H29N3O7. The molecule has 1 spiro atoms. The Labute approximate surface area is 195 Å². The summed E-state index contributed by atoms with van der Waals surface area (Å²) in [6.07, 6.45) is 5.52. The summed E-state index contributed by atoms with van der Waals surface area (Å²) in [5, 5.41) is 0. The van der Waals surface area contributed by atoms with Crippen LogP contribution in [0.5, 0.6) is 0 Å². The van der Waals surface area contributed by atoms with E-state index >= 15 is 0 Å². The highest BCUT2D eigenvalue weighted by atomic mass is 16.5. The van der Waals surface area contributed by atoms with Crippen LogP contribution in [-0.4, -0.2) is 45.9 Å². The zero-order chi connectivity index (χ0) is 24.5. The lowest BCUT2D eigenvalue weighted by Crippen LogP contribution is -2.43. The van der Waals surface area contributed by atoms with Crippen molar-refractivity contribution in [3.8, 4) is 0 Å². The number of Topliss-reactive ketones (excluding diaryl/α,β-unsaturated/α-hetero) is 1. The van der Waals surface area contributed by atoms with Crippen LogP contribution < -0.4 is 11.4 Å². The lowest BCUT2D eigenvalue weighted by atomic mass is 9.61. The molecule has 4 atom stereocenters. The summed E-state index contributed by atoms with van der Waals surface area (Å²) < 4.78 is 13.8. The van der Waals surface area contributed by atoms with E-state index in [1.807, 2.05) is 0 Å². The first-order valence-corrected chi connectivity index (χ1v) is 11.7. The lowest BCUT2D eigenvalue weighted by Gasteiger charge is -2.41. The fourth-order valence-corrected chi connectivity index (χ4v) is 6.95. The Balaban J connectivity index is 1.85. The number of esters is 2. The number of hydrogen-bond acceptors (Lipinski definition) is 7. The molecule has 0 unspecified atom stereocenters. The SMILES string of the molecule is COC(=O)C1=C[C@@H](C(=O)OC)[C@@H]2C3=C(C(=O)C24CCCCC4)[C@H](C)n2c(=O)n(C)c(=O)n2[C@@H]3C1. The Morgan fingerprint density at radius 2 is 1.65 bits per heavy atom. The van der Waals surface area contributed by atoms with Crippen LogP contribution in [0.25, 0.3) is 0 Å². The van der Waals surface area contributed by atoms with Crippen molar-refractivity contribution in [3.63, 3.8) is 0 Å². The number of rotatable bonds is 2. The summed E-state index contributed by atoms with van der Waals surface area (Å²) >= 11 is 0. The second-order valence-corrected chi connectivity index (χ2v) is 9.83. The standard InChI is InChI=1S/C24H29N3O7/c1-12-16-17-15(27-23(32)25(2)22(31)26(12)27)11-13(20(29)33-3)10-14(21(30)34-4)18(17)24(19(16)28)8-6-5-7-9-24/h10,12,14-15,18H,5-9,11H2,1-4H3/t12-,14+,15+,18+/m0/s1. The number of methoxy groups -OCH3 is 2. The predicted molar refractivity (Wildman–Crippen MR) is 119 cm³/mol. The zero-order valence-electron chi connectivity index (χ0n) is 19.8. The van der Waals surface area contributed by atoms with Crippen LogP contribution in [0.1, 0.15) is 57.5 Å². The van der Waals surface area contributed by atoms with Crippen LogP contribution >= 0.6 is 0 Å². The molecule has 1 aromatic rings. The van der Waals surface area contributed by atoms with Crippen molar-refractivity contribution < 1.29 is 23.9 Å². The average molecular weight is 472 g/mol. The van der Waals surface area contributed by atoms with Gasteiger partial charge in [-0.3, -0.25) is 9.59 Å². The molecule has 0 saturated heterocycles. The molecule has 0 aromatic carbocycles. The second kappa shape index (κ2) is 7.68. The average Bonchev–Trinajstić information content (AvgIpc) is 3.12. The van der Waals surface area contributed by atoms with Crippen molar-refractivity contribution in [1.82, 2.24) is 13.9 Å². The first-order valence-electron chi connectivity index (χ1n) is 11.7. The van der Waals surface area contributed by atoms with Crippen LogP contribution in [0.15, 0.2) is 32.4 Å². The number of ketones is 1. The van der Waals surface area contributed by atoms with Gasteiger partial charge >= 0.3 is 23.3 Å². The fourth-order valence-electron chi connectivity index (χ4n) is 6.95. The number of carbonyl (C=O) groups excluding carboxylic acids is 3. The third-order valence-electron chi connectivity index (χ3n) is 8.39. The van der Waals surface area contributed by atoms with Crippen molar-refractivity contribution >= 4 is 17.7 Å². The molecule has 182 valence electrons. The van der Waals surface area contributed by atoms with Gasteiger partial charge in [0.2, 0.25) is 0 Å². The van der Waals surface area contributed by atoms with Gasteiger partial charge in [0.1, 0.15) is 0 Å². The molecule has 1 aliphatic heterocycles. The number of carbonyl (C=O) groups is 3. The molecule has 1 fully saturated rings. The van der Waals surface area contributed by atoms with Crippen molar-refractivity contribution in [1.29, 1.82) is 0 Å². The number of fused-ring (bicyclic) bond motifs is 3. The largest absolute Gasteiger partial charge is 0.469 e. The summed E-state index contributed by atoms with van der Waals surface area (Å²) in [5.41, 5.74) is -0.447. The normalized spacial score (nSPS) is 29.3. The number of aromatic nitrogens is 3. The van der Waals surface area contributed by atoms with Crippen molar-refractivity contribution in [2.45, 2.75) is 57.5 Å². The minimum Gasteiger partial charge on any atom is -0.469 e. The molecule has 2 heterocycles. The molecule has 3 aliphatic carbocycles. The monoisotopic (exact) mass is 471 g/mol. The Morgan fingerprint density at radius 3 is 2.26 bits per heavy atom.